The number of benzene rings is 1. The number of nitrogens with one attached hydrogen (secondary N) is 1. The van der Waals surface area contributed by atoms with Crippen LogP contribution in [0.2, 0.25) is 0 Å². The number of para-hydroxylation sites is 1. The van der Waals surface area contributed by atoms with Gasteiger partial charge in [-0.15, -0.1) is 0 Å². The van der Waals surface area contributed by atoms with E-state index in [1.165, 1.54) is 6.07 Å². The van der Waals surface area contributed by atoms with E-state index in [2.05, 4.69) is 10.2 Å². The van der Waals surface area contributed by atoms with E-state index in [1.807, 2.05) is 0 Å². The first-order valence-electron chi connectivity index (χ1n) is 5.57. The van der Waals surface area contributed by atoms with E-state index in [4.69, 9.17) is 0 Å². The van der Waals surface area contributed by atoms with Crippen LogP contribution in [-0.2, 0) is 6.54 Å². The highest BCUT2D eigenvalue weighted by Gasteiger charge is 2.18. The summed E-state index contributed by atoms with van der Waals surface area (Å²) in [4.78, 5) is 12.3. The topological polar surface area (TPSA) is 78.6 Å². The third kappa shape index (κ3) is 2.72. The maximum atomic E-state index is 10.7. The number of rotatable bonds is 3. The van der Waals surface area contributed by atoms with Crippen molar-refractivity contribution in [2.75, 3.05) is 26.2 Å². The van der Waals surface area contributed by atoms with Crippen LogP contribution in [0, 0.1) is 10.1 Å². The number of nitrogens with zero attached hydrogens (tertiary/aromatic N) is 2. The number of aromatic hydroxyl groups is 1. The van der Waals surface area contributed by atoms with Crippen molar-refractivity contribution >= 4 is 5.69 Å². The number of phenols is 1. The zero-order valence-corrected chi connectivity index (χ0v) is 9.43. The van der Waals surface area contributed by atoms with Crippen molar-refractivity contribution in [2.45, 2.75) is 6.54 Å². The number of hydrogen-bond acceptors (Lipinski definition) is 5. The number of hydrogen-bond donors (Lipinski definition) is 2. The molecule has 1 fully saturated rings. The largest absolute Gasteiger partial charge is 0.502 e. The van der Waals surface area contributed by atoms with Crippen LogP contribution in [-0.4, -0.2) is 41.1 Å². The van der Waals surface area contributed by atoms with Crippen molar-refractivity contribution < 1.29 is 10.0 Å². The fourth-order valence-corrected chi connectivity index (χ4v) is 1.96. The van der Waals surface area contributed by atoms with Crippen LogP contribution in [0.4, 0.5) is 5.69 Å². The van der Waals surface area contributed by atoms with Crippen molar-refractivity contribution in [3.05, 3.63) is 33.9 Å². The Labute approximate surface area is 99.0 Å². The molecule has 0 unspecified atom stereocenters. The van der Waals surface area contributed by atoms with E-state index in [1.54, 1.807) is 12.1 Å². The summed E-state index contributed by atoms with van der Waals surface area (Å²) in [5, 5.41) is 23.7. The van der Waals surface area contributed by atoms with Crippen LogP contribution in [0.3, 0.4) is 0 Å². The van der Waals surface area contributed by atoms with Crippen LogP contribution >= 0.6 is 0 Å². The Bertz CT molecular complexity index is 416. The molecule has 2 N–H and O–H groups in total. The van der Waals surface area contributed by atoms with Gasteiger partial charge >= 0.3 is 5.69 Å². The Kier molecular flexibility index (Phi) is 3.55. The van der Waals surface area contributed by atoms with Gasteiger partial charge < -0.3 is 10.4 Å². The van der Waals surface area contributed by atoms with Crippen LogP contribution in [0.1, 0.15) is 5.56 Å². The molecule has 2 rings (SSSR count). The molecule has 0 saturated carbocycles. The first-order chi connectivity index (χ1) is 8.18. The fourth-order valence-electron chi connectivity index (χ4n) is 1.96. The van der Waals surface area contributed by atoms with Crippen molar-refractivity contribution in [2.24, 2.45) is 0 Å². The number of piperazine rings is 1. The second-order valence-corrected chi connectivity index (χ2v) is 4.07. The molecule has 6 nitrogen and oxygen atoms in total. The molecule has 0 spiro atoms. The van der Waals surface area contributed by atoms with Crippen LogP contribution in [0.5, 0.6) is 5.75 Å². The average molecular weight is 237 g/mol. The molecule has 1 aliphatic heterocycles. The van der Waals surface area contributed by atoms with E-state index < -0.39 is 4.92 Å². The average Bonchev–Trinajstić information content (AvgIpc) is 2.33. The minimum atomic E-state index is -0.559. The van der Waals surface area contributed by atoms with Gasteiger partial charge in [0.15, 0.2) is 5.75 Å². The smallest absolute Gasteiger partial charge is 0.311 e. The van der Waals surface area contributed by atoms with Gasteiger partial charge in [0, 0.05) is 44.4 Å². The lowest BCUT2D eigenvalue weighted by Crippen LogP contribution is -2.42. The molecule has 0 aromatic heterocycles. The zero-order valence-electron chi connectivity index (χ0n) is 9.43. The standard InChI is InChI=1S/C11H15N3O3/c15-11-9(2-1-3-10(11)14(16)17)8-13-6-4-12-5-7-13/h1-3,12,15H,4-8H2. The van der Waals surface area contributed by atoms with Gasteiger partial charge in [-0.25, -0.2) is 0 Å². The van der Waals surface area contributed by atoms with E-state index >= 15 is 0 Å². The van der Waals surface area contributed by atoms with Gasteiger partial charge in [0.05, 0.1) is 4.92 Å². The Hall–Kier alpha value is -1.66. The highest BCUT2D eigenvalue weighted by Crippen LogP contribution is 2.30. The monoisotopic (exact) mass is 237 g/mol. The minimum absolute atomic E-state index is 0.212. The molecule has 6 heteroatoms. The number of nitro benzene ring substituents is 1. The molecule has 0 amide bonds. The second-order valence-electron chi connectivity index (χ2n) is 4.07. The first kappa shape index (κ1) is 11.8. The minimum Gasteiger partial charge on any atom is -0.502 e. The molecule has 0 radical (unpaired) electrons. The normalized spacial score (nSPS) is 16.9. The van der Waals surface area contributed by atoms with Crippen molar-refractivity contribution in [1.29, 1.82) is 0 Å². The third-order valence-corrected chi connectivity index (χ3v) is 2.90. The van der Waals surface area contributed by atoms with E-state index in [0.29, 0.717) is 12.1 Å². The highest BCUT2D eigenvalue weighted by molar-refractivity contribution is 5.50. The van der Waals surface area contributed by atoms with Gasteiger partial charge in [-0.05, 0) is 0 Å². The quantitative estimate of drug-likeness (QED) is 0.597. The first-order valence-corrected chi connectivity index (χ1v) is 5.57. The third-order valence-electron chi connectivity index (χ3n) is 2.90. The van der Waals surface area contributed by atoms with E-state index in [-0.39, 0.29) is 11.4 Å². The summed E-state index contributed by atoms with van der Waals surface area (Å²) in [6.45, 7) is 4.16. The molecule has 1 saturated heterocycles. The van der Waals surface area contributed by atoms with E-state index in [0.717, 1.165) is 26.2 Å². The molecule has 1 aliphatic rings. The van der Waals surface area contributed by atoms with Crippen LogP contribution in [0.15, 0.2) is 18.2 Å². The van der Waals surface area contributed by atoms with Gasteiger partial charge in [0.1, 0.15) is 0 Å². The zero-order chi connectivity index (χ0) is 12.3. The predicted molar refractivity (Wildman–Crippen MR) is 62.9 cm³/mol. The summed E-state index contributed by atoms with van der Waals surface area (Å²) in [7, 11) is 0. The maximum absolute atomic E-state index is 10.7. The predicted octanol–water partition coefficient (Wildman–Crippen LogP) is 0.706. The maximum Gasteiger partial charge on any atom is 0.311 e. The lowest BCUT2D eigenvalue weighted by molar-refractivity contribution is -0.385. The van der Waals surface area contributed by atoms with Gasteiger partial charge in [0.2, 0.25) is 0 Å². The molecule has 0 bridgehead atoms. The Morgan fingerprint density at radius 1 is 1.41 bits per heavy atom. The summed E-state index contributed by atoms with van der Waals surface area (Å²) in [6, 6.07) is 4.65. The molecule has 1 aromatic rings. The summed E-state index contributed by atoms with van der Waals surface area (Å²) in [5.74, 6) is -0.212. The molecule has 1 aromatic carbocycles. The Balaban J connectivity index is 2.15. The molecule has 92 valence electrons. The van der Waals surface area contributed by atoms with Crippen molar-refractivity contribution in [1.82, 2.24) is 10.2 Å². The van der Waals surface area contributed by atoms with Crippen molar-refractivity contribution in [3.8, 4) is 5.75 Å². The summed E-state index contributed by atoms with van der Waals surface area (Å²) < 4.78 is 0. The Morgan fingerprint density at radius 2 is 2.12 bits per heavy atom. The molecular formula is C11H15N3O3. The fraction of sp³-hybridized carbons (Fsp3) is 0.455. The lowest BCUT2D eigenvalue weighted by Gasteiger charge is -2.27. The number of nitro groups is 1. The van der Waals surface area contributed by atoms with E-state index in [9.17, 15) is 15.2 Å². The van der Waals surface area contributed by atoms with Gasteiger partial charge in [-0.3, -0.25) is 15.0 Å². The SMILES string of the molecule is O=[N+]([O-])c1cccc(CN2CCNCC2)c1O. The number of phenolic OH excluding ortho intramolecular Hbond substituents is 1. The van der Waals surface area contributed by atoms with Gasteiger partial charge in [-0.1, -0.05) is 12.1 Å². The Morgan fingerprint density at radius 3 is 2.76 bits per heavy atom. The van der Waals surface area contributed by atoms with Gasteiger partial charge in [-0.2, -0.15) is 0 Å². The molecule has 0 atom stereocenters. The summed E-state index contributed by atoms with van der Waals surface area (Å²) in [5.41, 5.74) is 0.388. The van der Waals surface area contributed by atoms with Crippen LogP contribution < -0.4 is 5.32 Å². The summed E-state index contributed by atoms with van der Waals surface area (Å²) >= 11 is 0. The molecule has 1 heterocycles. The highest BCUT2D eigenvalue weighted by atomic mass is 16.6. The van der Waals surface area contributed by atoms with Gasteiger partial charge in [0.25, 0.3) is 0 Å². The summed E-state index contributed by atoms with van der Waals surface area (Å²) in [6.07, 6.45) is 0. The van der Waals surface area contributed by atoms with Crippen molar-refractivity contribution in [3.63, 3.8) is 0 Å². The second kappa shape index (κ2) is 5.11. The van der Waals surface area contributed by atoms with Crippen LogP contribution in [0.25, 0.3) is 0 Å². The molecule has 17 heavy (non-hydrogen) atoms. The molecular weight excluding hydrogens is 222 g/mol. The molecule has 0 aliphatic carbocycles. The lowest BCUT2D eigenvalue weighted by atomic mass is 10.1.